The molecular weight excluding hydrogens is 428 g/mol. The molecule has 0 aliphatic carbocycles. The normalized spacial score (nSPS) is 20.9. The molecule has 10 heteroatoms. The van der Waals surface area contributed by atoms with Crippen LogP contribution in [0.1, 0.15) is 54.4 Å². The Hall–Kier alpha value is -2.36. The smallest absolute Gasteiger partial charge is 0.410 e. The van der Waals surface area contributed by atoms with Crippen LogP contribution in [0.15, 0.2) is 0 Å². The van der Waals surface area contributed by atoms with Crippen molar-refractivity contribution in [1.82, 2.24) is 20.0 Å². The molecule has 3 amide bonds. The van der Waals surface area contributed by atoms with Gasteiger partial charge in [-0.15, -0.1) is 0 Å². The fourth-order valence-electron chi connectivity index (χ4n) is 4.05. The molecule has 10 nitrogen and oxygen atoms in total. The molecule has 2 aliphatic rings. The van der Waals surface area contributed by atoms with E-state index in [1.165, 1.54) is 12.0 Å². The summed E-state index contributed by atoms with van der Waals surface area (Å²) in [5.74, 6) is -0.955. The molecule has 0 bridgehead atoms. The average molecular weight is 469 g/mol. The summed E-state index contributed by atoms with van der Waals surface area (Å²) in [7, 11) is 1.31. The number of ether oxygens (including phenoxy) is 2. The van der Waals surface area contributed by atoms with Crippen LogP contribution in [0.2, 0.25) is 0 Å². The first-order chi connectivity index (χ1) is 15.2. The van der Waals surface area contributed by atoms with Gasteiger partial charge in [0.2, 0.25) is 11.8 Å². The zero-order chi connectivity index (χ0) is 25.0. The number of nitrogens with one attached hydrogen (secondary N) is 1. The fraction of sp³-hybridized carbons (Fsp3) is 0.826. The van der Waals surface area contributed by atoms with E-state index in [1.54, 1.807) is 4.90 Å². The van der Waals surface area contributed by atoms with Gasteiger partial charge in [0.05, 0.1) is 13.7 Å². The summed E-state index contributed by atoms with van der Waals surface area (Å²) in [5, 5.41) is 2.89. The van der Waals surface area contributed by atoms with Gasteiger partial charge in [0.15, 0.2) is 0 Å². The Balaban J connectivity index is 1.94. The van der Waals surface area contributed by atoms with E-state index in [-0.39, 0.29) is 24.5 Å². The van der Waals surface area contributed by atoms with Crippen LogP contribution in [0.25, 0.3) is 0 Å². The molecule has 1 N–H and O–H groups in total. The lowest BCUT2D eigenvalue weighted by Gasteiger charge is -2.37. The molecule has 0 aromatic rings. The second-order valence-corrected chi connectivity index (χ2v) is 10.8. The molecule has 2 heterocycles. The van der Waals surface area contributed by atoms with E-state index >= 15 is 0 Å². The Morgan fingerprint density at radius 3 is 2.09 bits per heavy atom. The molecular formula is C23H40N4O6. The van der Waals surface area contributed by atoms with E-state index < -0.39 is 29.1 Å². The van der Waals surface area contributed by atoms with Crippen LogP contribution < -0.4 is 5.32 Å². The van der Waals surface area contributed by atoms with Crippen molar-refractivity contribution in [2.24, 2.45) is 5.41 Å². The third-order valence-electron chi connectivity index (χ3n) is 5.82. The highest BCUT2D eigenvalue weighted by Gasteiger charge is 2.42. The largest absolute Gasteiger partial charge is 0.467 e. The van der Waals surface area contributed by atoms with Crippen LogP contribution >= 0.6 is 0 Å². The number of carbonyl (C=O) groups is 4. The zero-order valence-electron chi connectivity index (χ0n) is 21.1. The third kappa shape index (κ3) is 7.58. The lowest BCUT2D eigenvalue weighted by molar-refractivity contribution is -0.153. The molecule has 0 spiro atoms. The van der Waals surface area contributed by atoms with E-state index in [0.29, 0.717) is 39.1 Å². The van der Waals surface area contributed by atoms with Gasteiger partial charge in [-0.3, -0.25) is 14.5 Å². The number of nitrogens with zero attached hydrogens (tertiary/aromatic N) is 3. The number of amides is 3. The second kappa shape index (κ2) is 10.7. The number of esters is 1. The highest BCUT2D eigenvalue weighted by Crippen LogP contribution is 2.26. The first-order valence-corrected chi connectivity index (χ1v) is 11.6. The van der Waals surface area contributed by atoms with Gasteiger partial charge in [0, 0.05) is 32.7 Å². The summed E-state index contributed by atoms with van der Waals surface area (Å²) in [6.45, 7) is 13.8. The van der Waals surface area contributed by atoms with Crippen LogP contribution in [-0.2, 0) is 23.9 Å². The van der Waals surface area contributed by atoms with Gasteiger partial charge in [-0.25, -0.2) is 9.59 Å². The fourth-order valence-corrected chi connectivity index (χ4v) is 4.05. The maximum atomic E-state index is 13.3. The summed E-state index contributed by atoms with van der Waals surface area (Å²) in [5.41, 5.74) is -1.09. The molecule has 2 saturated heterocycles. The molecule has 0 aromatic heterocycles. The highest BCUT2D eigenvalue weighted by molar-refractivity contribution is 5.92. The van der Waals surface area contributed by atoms with E-state index in [4.69, 9.17) is 9.47 Å². The summed E-state index contributed by atoms with van der Waals surface area (Å²) in [4.78, 5) is 55.6. The Morgan fingerprint density at radius 1 is 0.970 bits per heavy atom. The van der Waals surface area contributed by atoms with Crippen LogP contribution in [0, 0.1) is 5.41 Å². The van der Waals surface area contributed by atoms with E-state index in [9.17, 15) is 19.2 Å². The molecule has 2 atom stereocenters. The number of methoxy groups -OCH3 is 1. The molecule has 0 aromatic carbocycles. The maximum absolute atomic E-state index is 13.3. The van der Waals surface area contributed by atoms with Gasteiger partial charge in [0.25, 0.3) is 0 Å². The number of hydrogen-bond acceptors (Lipinski definition) is 7. The number of hydrogen-bond donors (Lipinski definition) is 1. The van der Waals surface area contributed by atoms with Crippen LogP contribution in [-0.4, -0.2) is 103 Å². The molecule has 2 rings (SSSR count). The van der Waals surface area contributed by atoms with Crippen molar-refractivity contribution in [3.8, 4) is 0 Å². The predicted octanol–water partition coefficient (Wildman–Crippen LogP) is 1.23. The van der Waals surface area contributed by atoms with Crippen LogP contribution in [0.4, 0.5) is 4.79 Å². The molecule has 2 fully saturated rings. The Kier molecular flexibility index (Phi) is 8.73. The topological polar surface area (TPSA) is 108 Å². The lowest BCUT2D eigenvalue weighted by atomic mass is 9.85. The quantitative estimate of drug-likeness (QED) is 0.605. The Labute approximate surface area is 196 Å². The minimum atomic E-state index is -0.765. The molecule has 188 valence electrons. The van der Waals surface area contributed by atoms with Gasteiger partial charge in [-0.2, -0.15) is 0 Å². The van der Waals surface area contributed by atoms with Gasteiger partial charge >= 0.3 is 12.1 Å². The highest BCUT2D eigenvalue weighted by atomic mass is 16.6. The number of piperazine rings is 1. The Bertz CT molecular complexity index is 734. The first-order valence-electron chi connectivity index (χ1n) is 11.6. The van der Waals surface area contributed by atoms with Gasteiger partial charge in [0.1, 0.15) is 17.7 Å². The SMILES string of the molecule is COC(=O)[C@@H]1CCCN1C(=O)[C@@H](NC(=O)CN1CCN(C(=O)OC(C)(C)C)CC1)C(C)(C)C. The van der Waals surface area contributed by atoms with Crippen molar-refractivity contribution in [2.75, 3.05) is 46.4 Å². The Morgan fingerprint density at radius 2 is 1.58 bits per heavy atom. The van der Waals surface area contributed by atoms with Crippen LogP contribution in [0.5, 0.6) is 0 Å². The van der Waals surface area contributed by atoms with E-state index in [0.717, 1.165) is 6.42 Å². The van der Waals surface area contributed by atoms with Crippen molar-refractivity contribution in [3.05, 3.63) is 0 Å². The molecule has 0 saturated carbocycles. The number of carbonyl (C=O) groups excluding carboxylic acids is 4. The van der Waals surface area contributed by atoms with Crippen LogP contribution in [0.3, 0.4) is 0 Å². The van der Waals surface area contributed by atoms with Crippen molar-refractivity contribution >= 4 is 23.9 Å². The van der Waals surface area contributed by atoms with E-state index in [2.05, 4.69) is 5.32 Å². The lowest BCUT2D eigenvalue weighted by Crippen LogP contribution is -2.58. The zero-order valence-corrected chi connectivity index (χ0v) is 21.1. The summed E-state index contributed by atoms with van der Waals surface area (Å²) < 4.78 is 10.3. The van der Waals surface area contributed by atoms with Crippen molar-refractivity contribution in [3.63, 3.8) is 0 Å². The minimum absolute atomic E-state index is 0.127. The average Bonchev–Trinajstić information content (AvgIpc) is 3.19. The van der Waals surface area contributed by atoms with Gasteiger partial charge in [-0.1, -0.05) is 20.8 Å². The first kappa shape index (κ1) is 26.9. The molecule has 2 aliphatic heterocycles. The monoisotopic (exact) mass is 468 g/mol. The van der Waals surface area contributed by atoms with E-state index in [1.807, 2.05) is 46.4 Å². The van der Waals surface area contributed by atoms with Crippen molar-refractivity contribution in [2.45, 2.75) is 72.1 Å². The molecule has 0 unspecified atom stereocenters. The second-order valence-electron chi connectivity index (χ2n) is 10.8. The maximum Gasteiger partial charge on any atom is 0.410 e. The van der Waals surface area contributed by atoms with Gasteiger partial charge < -0.3 is 24.6 Å². The summed E-state index contributed by atoms with van der Waals surface area (Å²) in [6.07, 6.45) is 0.930. The summed E-state index contributed by atoms with van der Waals surface area (Å²) in [6, 6.07) is -1.37. The molecule has 33 heavy (non-hydrogen) atoms. The number of rotatable bonds is 5. The van der Waals surface area contributed by atoms with Crippen molar-refractivity contribution < 1.29 is 28.7 Å². The third-order valence-corrected chi connectivity index (χ3v) is 5.82. The number of likely N-dealkylation sites (tertiary alicyclic amines) is 1. The van der Waals surface area contributed by atoms with Gasteiger partial charge in [-0.05, 0) is 39.0 Å². The minimum Gasteiger partial charge on any atom is -0.467 e. The van der Waals surface area contributed by atoms with Crippen molar-refractivity contribution in [1.29, 1.82) is 0 Å². The standard InChI is InChI=1S/C23H40N4O6/c1-22(2,3)18(19(29)27-10-8-9-16(27)20(30)32-7)24-17(28)15-25-11-13-26(14-12-25)21(31)33-23(4,5)6/h16,18H,8-15H2,1-7H3,(H,24,28)/t16-,18+/m0/s1. The predicted molar refractivity (Wildman–Crippen MR) is 122 cm³/mol. The molecule has 0 radical (unpaired) electrons. The summed E-state index contributed by atoms with van der Waals surface area (Å²) >= 11 is 0.